The molecule has 0 spiro atoms. The average molecular weight is 232 g/mol. The molecule has 4 heteroatoms. The van der Waals surface area contributed by atoms with Crippen molar-refractivity contribution in [1.82, 2.24) is 4.98 Å². The van der Waals surface area contributed by atoms with Crippen LogP contribution >= 0.6 is 27.5 Å². The van der Waals surface area contributed by atoms with E-state index in [1.165, 1.54) is 0 Å². The van der Waals surface area contributed by atoms with Crippen LogP contribution in [0, 0.1) is 0 Å². The molecule has 1 aromatic heterocycles. The number of halogens is 2. The number of rotatable bonds is 0. The van der Waals surface area contributed by atoms with E-state index in [0.717, 1.165) is 0 Å². The Labute approximate surface area is 76.3 Å². The summed E-state index contributed by atoms with van der Waals surface area (Å²) in [7, 11) is 0. The van der Waals surface area contributed by atoms with Crippen molar-refractivity contribution in [2.75, 3.05) is 0 Å². The van der Waals surface area contributed by atoms with Gasteiger partial charge < -0.3 is 4.42 Å². The van der Waals surface area contributed by atoms with Crippen LogP contribution in [-0.4, -0.2) is 4.98 Å². The van der Waals surface area contributed by atoms with E-state index in [9.17, 15) is 0 Å². The van der Waals surface area contributed by atoms with E-state index in [4.69, 9.17) is 16.0 Å². The number of para-hydroxylation sites is 1. The molecular formula is C7H3BrClNO. The van der Waals surface area contributed by atoms with E-state index >= 15 is 0 Å². The summed E-state index contributed by atoms with van der Waals surface area (Å²) in [4.78, 5) is 4.49. The molecule has 0 aliphatic carbocycles. The summed E-state index contributed by atoms with van der Waals surface area (Å²) in [5.74, 6) is 0. The lowest BCUT2D eigenvalue weighted by Crippen LogP contribution is -1.68. The normalized spacial score (nSPS) is 10.7. The van der Waals surface area contributed by atoms with Crippen LogP contribution in [0.2, 0.25) is 5.02 Å². The highest BCUT2D eigenvalue weighted by Crippen LogP contribution is 2.25. The van der Waals surface area contributed by atoms with E-state index in [0.29, 0.717) is 20.9 Å². The highest BCUT2D eigenvalue weighted by Gasteiger charge is 2.04. The van der Waals surface area contributed by atoms with E-state index in [-0.39, 0.29) is 0 Å². The number of fused-ring (bicyclic) bond motifs is 1. The number of aromatic nitrogens is 1. The predicted octanol–water partition coefficient (Wildman–Crippen LogP) is 3.24. The monoisotopic (exact) mass is 231 g/mol. The van der Waals surface area contributed by atoms with Crippen LogP contribution in [0.1, 0.15) is 0 Å². The molecule has 0 aliphatic heterocycles. The summed E-state index contributed by atoms with van der Waals surface area (Å²) in [6, 6.07) is 5.42. The van der Waals surface area contributed by atoms with Gasteiger partial charge in [0.2, 0.25) is 0 Å². The lowest BCUT2D eigenvalue weighted by Gasteiger charge is -1.86. The molecule has 11 heavy (non-hydrogen) atoms. The van der Waals surface area contributed by atoms with Crippen molar-refractivity contribution in [1.29, 1.82) is 0 Å². The third-order valence-electron chi connectivity index (χ3n) is 1.34. The standard InChI is InChI=1S/C7H3BrClNO/c8-7-10-6-4(9)2-1-3-5(6)11-7/h1-3H. The van der Waals surface area contributed by atoms with Crippen LogP contribution < -0.4 is 0 Å². The summed E-state index contributed by atoms with van der Waals surface area (Å²) in [5.41, 5.74) is 1.39. The number of hydrogen-bond acceptors (Lipinski definition) is 2. The molecule has 2 rings (SSSR count). The first-order valence-electron chi connectivity index (χ1n) is 2.98. The summed E-state index contributed by atoms with van der Waals surface area (Å²) in [6.45, 7) is 0. The van der Waals surface area contributed by atoms with Gasteiger partial charge in [-0.15, -0.1) is 0 Å². The van der Waals surface area contributed by atoms with Gasteiger partial charge >= 0.3 is 0 Å². The van der Waals surface area contributed by atoms with Gasteiger partial charge in [-0.3, -0.25) is 0 Å². The van der Waals surface area contributed by atoms with Gasteiger partial charge in [-0.05, 0) is 12.1 Å². The Balaban J connectivity index is 2.90. The Kier molecular flexibility index (Phi) is 1.62. The molecule has 0 saturated heterocycles. The third kappa shape index (κ3) is 1.14. The van der Waals surface area contributed by atoms with Gasteiger partial charge in [-0.25, -0.2) is 4.98 Å². The molecule has 0 unspecified atom stereocenters. The fourth-order valence-corrected chi connectivity index (χ4v) is 1.45. The van der Waals surface area contributed by atoms with Crippen LogP contribution in [0.25, 0.3) is 11.1 Å². The zero-order chi connectivity index (χ0) is 7.84. The second-order valence-corrected chi connectivity index (χ2v) is 3.14. The quantitative estimate of drug-likeness (QED) is 0.697. The first-order valence-corrected chi connectivity index (χ1v) is 4.15. The van der Waals surface area contributed by atoms with Crippen LogP contribution in [0.4, 0.5) is 0 Å². The minimum absolute atomic E-state index is 0.459. The summed E-state index contributed by atoms with van der Waals surface area (Å²) in [6.07, 6.45) is 0. The van der Waals surface area contributed by atoms with E-state index < -0.39 is 0 Å². The second-order valence-electron chi connectivity index (χ2n) is 2.05. The molecule has 0 fully saturated rings. The smallest absolute Gasteiger partial charge is 0.265 e. The van der Waals surface area contributed by atoms with E-state index in [2.05, 4.69) is 20.9 Å². The molecule has 0 aliphatic rings. The van der Waals surface area contributed by atoms with Crippen LogP contribution in [-0.2, 0) is 0 Å². The fraction of sp³-hybridized carbons (Fsp3) is 0. The van der Waals surface area contributed by atoms with Crippen LogP contribution in [0.15, 0.2) is 27.4 Å². The topological polar surface area (TPSA) is 26.0 Å². The van der Waals surface area contributed by atoms with Crippen molar-refractivity contribution in [3.8, 4) is 0 Å². The molecule has 2 aromatic rings. The average Bonchev–Trinajstić information content (AvgIpc) is 2.31. The maximum Gasteiger partial charge on any atom is 0.265 e. The first kappa shape index (κ1) is 7.13. The molecule has 0 bridgehead atoms. The van der Waals surface area contributed by atoms with E-state index in [1.807, 2.05) is 12.1 Å². The molecular weight excluding hydrogens is 229 g/mol. The Hall–Kier alpha value is -0.540. The van der Waals surface area contributed by atoms with Gasteiger partial charge in [0, 0.05) is 15.9 Å². The highest BCUT2D eigenvalue weighted by atomic mass is 79.9. The number of oxazole rings is 1. The Morgan fingerprint density at radius 1 is 1.45 bits per heavy atom. The summed E-state index contributed by atoms with van der Waals surface area (Å²) >= 11 is 8.95. The molecule has 2 nitrogen and oxygen atoms in total. The van der Waals surface area contributed by atoms with Gasteiger partial charge in [-0.2, -0.15) is 0 Å². The number of nitrogens with zero attached hydrogens (tertiary/aromatic N) is 1. The Morgan fingerprint density at radius 2 is 2.27 bits per heavy atom. The minimum Gasteiger partial charge on any atom is -0.431 e. The van der Waals surface area contributed by atoms with Crippen LogP contribution in [0.3, 0.4) is 0 Å². The predicted molar refractivity (Wildman–Crippen MR) is 46.7 cm³/mol. The van der Waals surface area contributed by atoms with Crippen molar-refractivity contribution < 1.29 is 4.42 Å². The highest BCUT2D eigenvalue weighted by molar-refractivity contribution is 9.10. The lowest BCUT2D eigenvalue weighted by atomic mass is 10.3. The third-order valence-corrected chi connectivity index (χ3v) is 1.99. The van der Waals surface area contributed by atoms with Gasteiger partial charge in [0.15, 0.2) is 5.58 Å². The maximum absolute atomic E-state index is 5.83. The second kappa shape index (κ2) is 2.50. The minimum atomic E-state index is 0.459. The molecule has 0 N–H and O–H groups in total. The number of benzene rings is 1. The zero-order valence-corrected chi connectivity index (χ0v) is 7.69. The van der Waals surface area contributed by atoms with Gasteiger partial charge in [0.1, 0.15) is 5.52 Å². The first-order chi connectivity index (χ1) is 5.27. The van der Waals surface area contributed by atoms with E-state index in [1.54, 1.807) is 6.07 Å². The van der Waals surface area contributed by atoms with Crippen LogP contribution in [0.5, 0.6) is 0 Å². The molecule has 0 saturated carbocycles. The summed E-state index contributed by atoms with van der Waals surface area (Å²) < 4.78 is 5.17. The zero-order valence-electron chi connectivity index (χ0n) is 5.34. The fourth-order valence-electron chi connectivity index (χ4n) is 0.888. The van der Waals surface area contributed by atoms with Gasteiger partial charge in [-0.1, -0.05) is 17.7 Å². The lowest BCUT2D eigenvalue weighted by molar-refractivity contribution is 0.570. The molecule has 0 amide bonds. The SMILES string of the molecule is Clc1cccc2oc(Br)nc12. The Bertz CT molecular complexity index is 398. The molecule has 0 radical (unpaired) electrons. The largest absolute Gasteiger partial charge is 0.431 e. The number of hydrogen-bond donors (Lipinski definition) is 0. The molecule has 56 valence electrons. The Morgan fingerprint density at radius 3 is 3.00 bits per heavy atom. The van der Waals surface area contributed by atoms with Gasteiger partial charge in [0.05, 0.1) is 5.02 Å². The molecule has 0 atom stereocenters. The van der Waals surface area contributed by atoms with Gasteiger partial charge in [0.25, 0.3) is 4.80 Å². The van der Waals surface area contributed by atoms with Crippen molar-refractivity contribution >= 4 is 38.6 Å². The van der Waals surface area contributed by atoms with Crippen molar-refractivity contribution in [3.05, 3.63) is 28.0 Å². The van der Waals surface area contributed by atoms with Crippen molar-refractivity contribution in [3.63, 3.8) is 0 Å². The van der Waals surface area contributed by atoms with Crippen molar-refractivity contribution in [2.45, 2.75) is 0 Å². The molecule has 1 aromatic carbocycles. The summed E-state index contributed by atoms with van der Waals surface area (Å²) in [5, 5.41) is 0.608. The maximum atomic E-state index is 5.83. The molecule has 1 heterocycles. The van der Waals surface area contributed by atoms with Crippen molar-refractivity contribution in [2.24, 2.45) is 0 Å².